The molecule has 0 bridgehead atoms. The molecule has 0 spiro atoms. The van der Waals surface area contributed by atoms with Crippen molar-refractivity contribution < 1.29 is 30.8 Å². The number of hydrogen-bond acceptors (Lipinski definition) is 3. The van der Waals surface area contributed by atoms with Crippen molar-refractivity contribution in [2.24, 2.45) is 7.05 Å². The van der Waals surface area contributed by atoms with E-state index in [1.807, 2.05) is 0 Å². The fourth-order valence-electron chi connectivity index (χ4n) is 2.29. The summed E-state index contributed by atoms with van der Waals surface area (Å²) >= 11 is 5.64. The van der Waals surface area contributed by atoms with E-state index in [0.29, 0.717) is 6.92 Å². The predicted octanol–water partition coefficient (Wildman–Crippen LogP) is 3.61. The van der Waals surface area contributed by atoms with Gasteiger partial charge in [-0.3, -0.25) is 4.79 Å². The zero-order valence-electron chi connectivity index (χ0n) is 14.9. The van der Waals surface area contributed by atoms with Gasteiger partial charge in [0.1, 0.15) is 22.4 Å². The number of sulfonamides is 1. The largest absolute Gasteiger partial charge is 0.404 e. The van der Waals surface area contributed by atoms with Gasteiger partial charge in [-0.05, 0) is 38.1 Å². The Morgan fingerprint density at radius 1 is 1.25 bits per heavy atom. The van der Waals surface area contributed by atoms with Crippen LogP contribution in [-0.2, 0) is 17.1 Å². The number of alkyl halides is 3. The Labute approximate surface area is 163 Å². The number of carbonyl (C=O) groups excluding carboxylic acids is 1. The second-order valence-corrected chi connectivity index (χ2v) is 8.10. The van der Waals surface area contributed by atoms with E-state index in [0.717, 1.165) is 18.2 Å². The second kappa shape index (κ2) is 7.72. The summed E-state index contributed by atoms with van der Waals surface area (Å²) in [5.74, 6) is -1.44. The van der Waals surface area contributed by atoms with Gasteiger partial charge in [0.05, 0.1) is 5.02 Å². The minimum absolute atomic E-state index is 0.0594. The van der Waals surface area contributed by atoms with Crippen LogP contribution in [-0.4, -0.2) is 31.1 Å². The first-order valence-electron chi connectivity index (χ1n) is 7.76. The highest BCUT2D eigenvalue weighted by Crippen LogP contribution is 2.25. The molecule has 2 rings (SSSR count). The molecule has 0 fully saturated rings. The van der Waals surface area contributed by atoms with E-state index in [1.165, 1.54) is 29.3 Å². The first kappa shape index (κ1) is 22.2. The Morgan fingerprint density at radius 2 is 1.86 bits per heavy atom. The summed E-state index contributed by atoms with van der Waals surface area (Å²) in [7, 11) is -3.15. The lowest BCUT2D eigenvalue weighted by Gasteiger charge is -2.17. The van der Waals surface area contributed by atoms with Crippen LogP contribution in [0.15, 0.2) is 29.2 Å². The molecular weight excluding hydrogens is 426 g/mol. The van der Waals surface area contributed by atoms with E-state index in [1.54, 1.807) is 0 Å². The number of nitrogens with one attached hydrogen (secondary N) is 2. The lowest BCUT2D eigenvalue weighted by Crippen LogP contribution is -2.43. The summed E-state index contributed by atoms with van der Waals surface area (Å²) in [4.78, 5) is 12.0. The van der Waals surface area contributed by atoms with Crippen molar-refractivity contribution in [3.8, 4) is 0 Å². The van der Waals surface area contributed by atoms with Gasteiger partial charge in [0.2, 0.25) is 10.0 Å². The molecule has 2 aromatic rings. The fraction of sp³-hybridized carbons (Fsp3) is 0.312. The highest BCUT2D eigenvalue weighted by atomic mass is 35.5. The van der Waals surface area contributed by atoms with E-state index >= 15 is 0 Å². The maximum Gasteiger partial charge on any atom is 0.404 e. The van der Waals surface area contributed by atoms with Gasteiger partial charge >= 0.3 is 6.18 Å². The van der Waals surface area contributed by atoms with Crippen LogP contribution in [0.5, 0.6) is 0 Å². The monoisotopic (exact) mass is 441 g/mol. The third kappa shape index (κ3) is 4.65. The number of halogens is 5. The molecule has 0 saturated heterocycles. The van der Waals surface area contributed by atoms with Crippen molar-refractivity contribution in [3.05, 3.63) is 46.5 Å². The quantitative estimate of drug-likeness (QED) is 0.696. The fourth-order valence-corrected chi connectivity index (χ4v) is 3.99. The molecule has 0 aliphatic carbocycles. The van der Waals surface area contributed by atoms with Crippen molar-refractivity contribution in [2.75, 3.05) is 5.32 Å². The lowest BCUT2D eigenvalue weighted by molar-refractivity contribution is -0.147. The van der Waals surface area contributed by atoms with Gasteiger partial charge in [0, 0.05) is 18.4 Å². The summed E-state index contributed by atoms with van der Waals surface area (Å²) in [5.41, 5.74) is 0.0885. The number of rotatable bonds is 5. The van der Waals surface area contributed by atoms with Crippen molar-refractivity contribution >= 4 is 33.2 Å². The van der Waals surface area contributed by atoms with Crippen LogP contribution in [0.2, 0.25) is 5.02 Å². The number of anilines is 1. The maximum absolute atomic E-state index is 13.2. The number of carbonyl (C=O) groups is 1. The number of hydrogen-bond donors (Lipinski definition) is 2. The summed E-state index contributed by atoms with van der Waals surface area (Å²) in [6.07, 6.45) is -4.77. The van der Waals surface area contributed by atoms with E-state index < -0.39 is 38.9 Å². The molecule has 0 aliphatic rings. The summed E-state index contributed by atoms with van der Waals surface area (Å²) < 4.78 is 78.6. The highest BCUT2D eigenvalue weighted by Gasteiger charge is 2.39. The molecule has 12 heteroatoms. The highest BCUT2D eigenvalue weighted by molar-refractivity contribution is 7.89. The normalized spacial score (nSPS) is 13.4. The Bertz CT molecular complexity index is 1020. The van der Waals surface area contributed by atoms with E-state index in [9.17, 15) is 30.8 Å². The van der Waals surface area contributed by atoms with Gasteiger partial charge in [-0.1, -0.05) is 11.6 Å². The van der Waals surface area contributed by atoms with Gasteiger partial charge in [-0.15, -0.1) is 0 Å². The van der Waals surface area contributed by atoms with Gasteiger partial charge in [0.25, 0.3) is 5.91 Å². The smallest absolute Gasteiger partial charge is 0.343 e. The molecule has 1 heterocycles. The number of benzene rings is 1. The minimum Gasteiger partial charge on any atom is -0.343 e. The Kier molecular flexibility index (Phi) is 6.12. The molecule has 0 radical (unpaired) electrons. The second-order valence-electron chi connectivity index (χ2n) is 6.01. The maximum atomic E-state index is 13.2. The van der Waals surface area contributed by atoms with Crippen LogP contribution in [0, 0.1) is 12.7 Å². The third-order valence-electron chi connectivity index (χ3n) is 4.01. The van der Waals surface area contributed by atoms with Crippen LogP contribution >= 0.6 is 11.6 Å². The van der Waals surface area contributed by atoms with Crippen molar-refractivity contribution in [3.63, 3.8) is 0 Å². The molecule has 28 heavy (non-hydrogen) atoms. The van der Waals surface area contributed by atoms with Gasteiger partial charge < -0.3 is 9.88 Å². The molecule has 1 unspecified atom stereocenters. The van der Waals surface area contributed by atoms with Gasteiger partial charge in [0.15, 0.2) is 0 Å². The van der Waals surface area contributed by atoms with Gasteiger partial charge in [-0.2, -0.15) is 17.9 Å². The zero-order chi connectivity index (χ0) is 21.4. The SMILES string of the molecule is Cc1c(S(=O)(=O)NC(C)C(F)(F)F)cc(C(=O)Nc2ccc(F)c(Cl)c2)n1C. The first-order valence-corrected chi connectivity index (χ1v) is 9.62. The number of aromatic nitrogens is 1. The predicted molar refractivity (Wildman–Crippen MR) is 95.4 cm³/mol. The van der Waals surface area contributed by atoms with Crippen LogP contribution in [0.3, 0.4) is 0 Å². The summed E-state index contributed by atoms with van der Waals surface area (Å²) in [6, 6.07) is 2.09. The molecule has 0 saturated carbocycles. The van der Waals surface area contributed by atoms with Crippen molar-refractivity contribution in [2.45, 2.75) is 31.0 Å². The summed E-state index contributed by atoms with van der Waals surface area (Å²) in [5, 5.41) is 2.19. The van der Waals surface area contributed by atoms with Crippen LogP contribution in [0.4, 0.5) is 23.2 Å². The zero-order valence-corrected chi connectivity index (χ0v) is 16.4. The molecule has 0 aliphatic heterocycles. The first-order chi connectivity index (χ1) is 12.7. The van der Waals surface area contributed by atoms with Gasteiger partial charge in [-0.25, -0.2) is 12.8 Å². The Balaban J connectivity index is 2.33. The lowest BCUT2D eigenvalue weighted by atomic mass is 10.3. The van der Waals surface area contributed by atoms with E-state index in [4.69, 9.17) is 11.6 Å². The average Bonchev–Trinajstić information content (AvgIpc) is 2.86. The van der Waals surface area contributed by atoms with E-state index in [2.05, 4.69) is 5.32 Å². The standard InChI is InChI=1S/C16H16ClF4N3O3S/c1-8-14(28(26,27)23-9(2)16(19,20)21)7-13(24(8)3)15(25)22-10-4-5-12(18)11(17)6-10/h4-7,9,23H,1-3H3,(H,22,25). The molecule has 2 N–H and O–H groups in total. The van der Waals surface area contributed by atoms with Crippen LogP contribution in [0.1, 0.15) is 23.1 Å². The molecule has 1 atom stereocenters. The molecule has 1 aromatic carbocycles. The Morgan fingerprint density at radius 3 is 2.39 bits per heavy atom. The van der Waals surface area contributed by atoms with Crippen molar-refractivity contribution in [1.82, 2.24) is 9.29 Å². The molecular formula is C16H16ClF4N3O3S. The molecule has 1 aromatic heterocycles. The number of amides is 1. The molecule has 6 nitrogen and oxygen atoms in total. The van der Waals surface area contributed by atoms with Crippen LogP contribution in [0.25, 0.3) is 0 Å². The van der Waals surface area contributed by atoms with Crippen LogP contribution < -0.4 is 10.0 Å². The third-order valence-corrected chi connectivity index (χ3v) is 5.96. The average molecular weight is 442 g/mol. The molecule has 154 valence electrons. The molecule has 1 amide bonds. The van der Waals surface area contributed by atoms with Crippen molar-refractivity contribution in [1.29, 1.82) is 0 Å². The van der Waals surface area contributed by atoms with E-state index in [-0.39, 0.29) is 22.1 Å². The number of nitrogens with zero attached hydrogens (tertiary/aromatic N) is 1. The minimum atomic E-state index is -4.77. The topological polar surface area (TPSA) is 80.2 Å². The summed E-state index contributed by atoms with van der Waals surface area (Å²) in [6.45, 7) is 2.01. The Hall–Kier alpha value is -2.11.